The normalized spacial score (nSPS) is 21.3. The van der Waals surface area contributed by atoms with Crippen molar-refractivity contribution in [3.05, 3.63) is 12.3 Å². The van der Waals surface area contributed by atoms with Gasteiger partial charge in [0.1, 0.15) is 6.04 Å². The molecule has 7 nitrogen and oxygen atoms in total. The number of methoxy groups -OCH3 is 1. The Morgan fingerprint density at radius 3 is 2.79 bits per heavy atom. The molecule has 0 bridgehead atoms. The number of aryl methyl sites for hydroxylation is 1. The molecule has 0 aliphatic carbocycles. The Labute approximate surface area is 112 Å². The summed E-state index contributed by atoms with van der Waals surface area (Å²) in [6.45, 7) is 0.327. The summed E-state index contributed by atoms with van der Waals surface area (Å²) in [6, 6.07) is 0.691. The smallest absolute Gasteiger partial charge is 0.324 e. The maximum atomic E-state index is 12.6. The van der Waals surface area contributed by atoms with Crippen LogP contribution in [0.15, 0.2) is 17.3 Å². The van der Waals surface area contributed by atoms with Gasteiger partial charge in [-0.25, -0.2) is 8.42 Å². The zero-order valence-corrected chi connectivity index (χ0v) is 11.8. The molecule has 1 aliphatic heterocycles. The molecule has 0 N–H and O–H groups in total. The predicted molar refractivity (Wildman–Crippen MR) is 66.8 cm³/mol. The van der Waals surface area contributed by atoms with Gasteiger partial charge in [0.2, 0.25) is 0 Å². The molecule has 1 fully saturated rings. The molecule has 0 aromatic carbocycles. The van der Waals surface area contributed by atoms with E-state index in [-0.39, 0.29) is 5.03 Å². The Balaban J connectivity index is 2.37. The molecule has 0 amide bonds. The van der Waals surface area contributed by atoms with Gasteiger partial charge in [0, 0.05) is 13.6 Å². The Hall–Kier alpha value is -1.41. The summed E-state index contributed by atoms with van der Waals surface area (Å²) < 4.78 is 32.3. The number of piperidine rings is 1. The highest BCUT2D eigenvalue weighted by atomic mass is 32.2. The predicted octanol–water partition coefficient (Wildman–Crippen LogP) is 0.136. The standard InChI is InChI=1S/C11H17N3O4S/c1-13-10(6-7-12-13)19(16,17)14-8-4-3-5-9(14)11(15)18-2/h6-7,9H,3-5,8H2,1-2H3. The Morgan fingerprint density at radius 1 is 1.47 bits per heavy atom. The first kappa shape index (κ1) is 14.0. The van der Waals surface area contributed by atoms with Crippen molar-refractivity contribution in [3.8, 4) is 0 Å². The molecule has 2 rings (SSSR count). The van der Waals surface area contributed by atoms with E-state index in [1.807, 2.05) is 0 Å². The molecule has 1 unspecified atom stereocenters. The first-order valence-electron chi connectivity index (χ1n) is 6.06. The van der Waals surface area contributed by atoms with Crippen LogP contribution in [0.1, 0.15) is 19.3 Å². The lowest BCUT2D eigenvalue weighted by Crippen LogP contribution is -2.48. The van der Waals surface area contributed by atoms with Crippen LogP contribution in [0.3, 0.4) is 0 Å². The quantitative estimate of drug-likeness (QED) is 0.738. The summed E-state index contributed by atoms with van der Waals surface area (Å²) in [6.07, 6.45) is 3.47. The molecule has 1 aromatic rings. The molecule has 8 heteroatoms. The van der Waals surface area contributed by atoms with Gasteiger partial charge in [-0.3, -0.25) is 9.48 Å². The van der Waals surface area contributed by atoms with Crippen LogP contribution in [0.4, 0.5) is 0 Å². The Bertz CT molecular complexity index is 566. The molecule has 2 heterocycles. The van der Waals surface area contributed by atoms with Gasteiger partial charge < -0.3 is 4.74 Å². The van der Waals surface area contributed by atoms with E-state index >= 15 is 0 Å². The number of carbonyl (C=O) groups excluding carboxylic acids is 1. The number of hydrogen-bond acceptors (Lipinski definition) is 5. The molecule has 106 valence electrons. The van der Waals surface area contributed by atoms with Crippen molar-refractivity contribution in [1.82, 2.24) is 14.1 Å². The lowest BCUT2D eigenvalue weighted by molar-refractivity contribution is -0.146. The molecular formula is C11H17N3O4S. The van der Waals surface area contributed by atoms with E-state index in [1.165, 1.54) is 28.4 Å². The summed E-state index contributed by atoms with van der Waals surface area (Å²) in [5, 5.41) is 3.95. The summed E-state index contributed by atoms with van der Waals surface area (Å²) in [5.74, 6) is -0.509. The highest BCUT2D eigenvalue weighted by Gasteiger charge is 2.39. The van der Waals surface area contributed by atoms with Crippen LogP contribution in [-0.2, 0) is 26.6 Å². The van der Waals surface area contributed by atoms with Crippen LogP contribution in [0.2, 0.25) is 0 Å². The fourth-order valence-corrected chi connectivity index (χ4v) is 4.05. The Morgan fingerprint density at radius 2 is 2.21 bits per heavy atom. The van der Waals surface area contributed by atoms with Crippen LogP contribution in [0.5, 0.6) is 0 Å². The van der Waals surface area contributed by atoms with Crippen molar-refractivity contribution in [3.63, 3.8) is 0 Å². The van der Waals surface area contributed by atoms with Gasteiger partial charge in [0.05, 0.1) is 13.3 Å². The van der Waals surface area contributed by atoms with Crippen LogP contribution in [-0.4, -0.2) is 48.2 Å². The highest BCUT2D eigenvalue weighted by Crippen LogP contribution is 2.25. The van der Waals surface area contributed by atoms with Crippen molar-refractivity contribution < 1.29 is 17.9 Å². The third-order valence-electron chi connectivity index (χ3n) is 3.28. The zero-order chi connectivity index (χ0) is 14.0. The van der Waals surface area contributed by atoms with Crippen LogP contribution < -0.4 is 0 Å². The third kappa shape index (κ3) is 2.50. The van der Waals surface area contributed by atoms with E-state index in [2.05, 4.69) is 5.10 Å². The summed E-state index contributed by atoms with van der Waals surface area (Å²) in [7, 11) is -0.892. The molecule has 1 saturated heterocycles. The lowest BCUT2D eigenvalue weighted by atomic mass is 10.1. The first-order valence-corrected chi connectivity index (χ1v) is 7.50. The number of sulfonamides is 1. The van der Waals surface area contributed by atoms with Gasteiger partial charge in [0.15, 0.2) is 5.03 Å². The lowest BCUT2D eigenvalue weighted by Gasteiger charge is -2.32. The van der Waals surface area contributed by atoms with Crippen molar-refractivity contribution in [2.45, 2.75) is 30.3 Å². The highest BCUT2D eigenvalue weighted by molar-refractivity contribution is 7.89. The van der Waals surface area contributed by atoms with Gasteiger partial charge in [-0.1, -0.05) is 0 Å². The minimum atomic E-state index is -3.72. The van der Waals surface area contributed by atoms with E-state index in [9.17, 15) is 13.2 Å². The number of ether oxygens (including phenoxy) is 1. The number of nitrogens with zero attached hydrogens (tertiary/aromatic N) is 3. The second kappa shape index (κ2) is 5.30. The molecule has 19 heavy (non-hydrogen) atoms. The number of esters is 1. The fraction of sp³-hybridized carbons (Fsp3) is 0.636. The van der Waals surface area contributed by atoms with Gasteiger partial charge in [-0.05, 0) is 25.3 Å². The second-order valence-electron chi connectivity index (χ2n) is 4.44. The second-order valence-corrected chi connectivity index (χ2v) is 6.28. The Kier molecular flexibility index (Phi) is 3.91. The summed E-state index contributed by atoms with van der Waals surface area (Å²) in [4.78, 5) is 11.7. The fourth-order valence-electron chi connectivity index (χ4n) is 2.30. The summed E-state index contributed by atoms with van der Waals surface area (Å²) >= 11 is 0. The zero-order valence-electron chi connectivity index (χ0n) is 10.9. The minimum absolute atomic E-state index is 0.0864. The monoisotopic (exact) mass is 287 g/mol. The van der Waals surface area contributed by atoms with Crippen LogP contribution >= 0.6 is 0 Å². The van der Waals surface area contributed by atoms with Gasteiger partial charge in [-0.2, -0.15) is 9.40 Å². The maximum absolute atomic E-state index is 12.6. The van der Waals surface area contributed by atoms with Crippen LogP contribution in [0, 0.1) is 0 Å². The molecule has 1 atom stereocenters. The first-order chi connectivity index (χ1) is 8.98. The van der Waals surface area contributed by atoms with E-state index in [4.69, 9.17) is 4.74 Å². The van der Waals surface area contributed by atoms with Gasteiger partial charge in [-0.15, -0.1) is 0 Å². The van der Waals surface area contributed by atoms with E-state index in [0.29, 0.717) is 13.0 Å². The maximum Gasteiger partial charge on any atom is 0.324 e. The van der Waals surface area contributed by atoms with Crippen molar-refractivity contribution in [1.29, 1.82) is 0 Å². The third-order valence-corrected chi connectivity index (χ3v) is 5.26. The SMILES string of the molecule is COC(=O)C1CCCCN1S(=O)(=O)c1ccnn1C. The number of rotatable bonds is 3. The van der Waals surface area contributed by atoms with E-state index in [1.54, 1.807) is 7.05 Å². The topological polar surface area (TPSA) is 81.5 Å². The van der Waals surface area contributed by atoms with Gasteiger partial charge in [0.25, 0.3) is 10.0 Å². The van der Waals surface area contributed by atoms with E-state index < -0.39 is 22.0 Å². The molecule has 1 aliphatic rings. The number of hydrogen-bond donors (Lipinski definition) is 0. The van der Waals surface area contributed by atoms with E-state index in [0.717, 1.165) is 12.8 Å². The minimum Gasteiger partial charge on any atom is -0.468 e. The molecular weight excluding hydrogens is 270 g/mol. The van der Waals surface area contributed by atoms with Crippen molar-refractivity contribution >= 4 is 16.0 Å². The summed E-state index contributed by atoms with van der Waals surface area (Å²) in [5.41, 5.74) is 0. The number of carbonyl (C=O) groups is 1. The molecule has 0 radical (unpaired) electrons. The van der Waals surface area contributed by atoms with Crippen molar-refractivity contribution in [2.75, 3.05) is 13.7 Å². The average molecular weight is 287 g/mol. The largest absolute Gasteiger partial charge is 0.468 e. The van der Waals surface area contributed by atoms with Crippen LogP contribution in [0.25, 0.3) is 0 Å². The molecule has 0 spiro atoms. The average Bonchev–Trinajstić information content (AvgIpc) is 2.85. The van der Waals surface area contributed by atoms with Gasteiger partial charge >= 0.3 is 5.97 Å². The number of aromatic nitrogens is 2. The molecule has 1 aromatic heterocycles. The molecule has 0 saturated carbocycles. The van der Waals surface area contributed by atoms with Crippen molar-refractivity contribution in [2.24, 2.45) is 7.05 Å².